The van der Waals surface area contributed by atoms with Gasteiger partial charge in [0.15, 0.2) is 0 Å². The van der Waals surface area contributed by atoms with Crippen LogP contribution in [0, 0.1) is 6.92 Å². The van der Waals surface area contributed by atoms with Crippen LogP contribution in [0.3, 0.4) is 0 Å². The summed E-state index contributed by atoms with van der Waals surface area (Å²) in [5.74, 6) is -0.884. The van der Waals surface area contributed by atoms with Crippen LogP contribution in [0.2, 0.25) is 0 Å². The zero-order chi connectivity index (χ0) is 18.6. The van der Waals surface area contributed by atoms with E-state index in [-0.39, 0.29) is 17.4 Å². The normalized spacial score (nSPS) is 15.4. The summed E-state index contributed by atoms with van der Waals surface area (Å²) in [7, 11) is 0. The van der Waals surface area contributed by atoms with Crippen molar-refractivity contribution in [2.24, 2.45) is 0 Å². The molecule has 1 atom stereocenters. The molecule has 1 amide bonds. The highest BCUT2D eigenvalue weighted by Gasteiger charge is 2.29. The van der Waals surface area contributed by atoms with E-state index in [1.807, 2.05) is 38.1 Å². The van der Waals surface area contributed by atoms with Crippen molar-refractivity contribution in [2.75, 3.05) is 5.32 Å². The molecule has 2 aromatic carbocycles. The summed E-state index contributed by atoms with van der Waals surface area (Å²) in [5.41, 5.74) is 2.62. The molecule has 132 valence electrons. The highest BCUT2D eigenvalue weighted by molar-refractivity contribution is 9.10. The molecular formula is C20H17BrN2O3. The predicted octanol–water partition coefficient (Wildman–Crippen LogP) is 4.15. The van der Waals surface area contributed by atoms with Crippen LogP contribution < -0.4 is 10.9 Å². The molecule has 5 nitrogen and oxygen atoms in total. The molecule has 6 heteroatoms. The van der Waals surface area contributed by atoms with Crippen LogP contribution in [-0.4, -0.2) is 15.6 Å². The van der Waals surface area contributed by atoms with Crippen molar-refractivity contribution in [3.05, 3.63) is 67.9 Å². The van der Waals surface area contributed by atoms with Gasteiger partial charge in [-0.15, -0.1) is 0 Å². The molecule has 2 N–H and O–H groups in total. The fourth-order valence-electron chi connectivity index (χ4n) is 3.63. The Morgan fingerprint density at radius 3 is 2.81 bits per heavy atom. The highest BCUT2D eigenvalue weighted by Crippen LogP contribution is 2.36. The van der Waals surface area contributed by atoms with Crippen molar-refractivity contribution in [3.8, 4) is 5.75 Å². The van der Waals surface area contributed by atoms with Gasteiger partial charge in [-0.1, -0.05) is 18.2 Å². The van der Waals surface area contributed by atoms with E-state index in [9.17, 15) is 14.7 Å². The molecule has 0 fully saturated rings. The molecule has 0 saturated carbocycles. The molecule has 0 saturated heterocycles. The second-order valence-corrected chi connectivity index (χ2v) is 7.56. The summed E-state index contributed by atoms with van der Waals surface area (Å²) in [6.07, 6.45) is 0.709. The van der Waals surface area contributed by atoms with Crippen LogP contribution in [0.1, 0.15) is 34.5 Å². The van der Waals surface area contributed by atoms with Crippen molar-refractivity contribution >= 4 is 38.4 Å². The number of nitrogens with one attached hydrogen (secondary N) is 1. The van der Waals surface area contributed by atoms with Gasteiger partial charge in [-0.2, -0.15) is 0 Å². The number of anilines is 1. The first-order valence-corrected chi connectivity index (χ1v) is 9.14. The third kappa shape index (κ3) is 2.44. The van der Waals surface area contributed by atoms with E-state index in [1.165, 1.54) is 0 Å². The number of nitrogens with zero attached hydrogens (tertiary/aromatic N) is 1. The predicted molar refractivity (Wildman–Crippen MR) is 105 cm³/mol. The van der Waals surface area contributed by atoms with Gasteiger partial charge in [0.25, 0.3) is 11.5 Å². The van der Waals surface area contributed by atoms with E-state index < -0.39 is 11.5 Å². The first-order valence-electron chi connectivity index (χ1n) is 8.35. The average molecular weight is 413 g/mol. The van der Waals surface area contributed by atoms with Crippen molar-refractivity contribution in [2.45, 2.75) is 26.3 Å². The van der Waals surface area contributed by atoms with Crippen LogP contribution in [0.15, 0.2) is 45.7 Å². The van der Waals surface area contributed by atoms with E-state index in [0.29, 0.717) is 22.0 Å². The van der Waals surface area contributed by atoms with Gasteiger partial charge in [-0.05, 0) is 65.5 Å². The Kier molecular flexibility index (Phi) is 3.88. The van der Waals surface area contributed by atoms with Gasteiger partial charge in [0.2, 0.25) is 0 Å². The Morgan fingerprint density at radius 1 is 1.31 bits per heavy atom. The maximum absolute atomic E-state index is 13.0. The largest absolute Gasteiger partial charge is 0.506 e. The molecule has 0 spiro atoms. The van der Waals surface area contributed by atoms with E-state index >= 15 is 0 Å². The maximum Gasteiger partial charge on any atom is 0.268 e. The first-order chi connectivity index (χ1) is 12.4. The number of hydrogen-bond donors (Lipinski definition) is 2. The third-order valence-electron chi connectivity index (χ3n) is 4.84. The van der Waals surface area contributed by atoms with E-state index in [4.69, 9.17) is 0 Å². The van der Waals surface area contributed by atoms with Crippen LogP contribution in [0.4, 0.5) is 5.69 Å². The minimum Gasteiger partial charge on any atom is -0.506 e. The zero-order valence-corrected chi connectivity index (χ0v) is 15.9. The molecule has 1 aromatic heterocycles. The quantitative estimate of drug-likeness (QED) is 0.663. The van der Waals surface area contributed by atoms with Crippen LogP contribution in [0.5, 0.6) is 5.75 Å². The number of carbonyl (C=O) groups excluding carboxylic acids is 1. The summed E-state index contributed by atoms with van der Waals surface area (Å²) in [6, 6.07) is 11.0. The fraction of sp³-hybridized carbons (Fsp3) is 0.200. The number of carbonyl (C=O) groups is 1. The Labute approximate surface area is 158 Å². The second-order valence-electron chi connectivity index (χ2n) is 6.70. The number of amides is 1. The van der Waals surface area contributed by atoms with Crippen LogP contribution in [-0.2, 0) is 6.42 Å². The number of hydrogen-bond acceptors (Lipinski definition) is 3. The molecule has 0 radical (unpaired) electrons. The monoisotopic (exact) mass is 412 g/mol. The smallest absolute Gasteiger partial charge is 0.268 e. The molecule has 1 aliphatic rings. The van der Waals surface area contributed by atoms with Gasteiger partial charge in [-0.25, -0.2) is 0 Å². The molecule has 3 aromatic rings. The van der Waals surface area contributed by atoms with E-state index in [0.717, 1.165) is 16.6 Å². The molecule has 0 bridgehead atoms. The maximum atomic E-state index is 13.0. The summed E-state index contributed by atoms with van der Waals surface area (Å²) >= 11 is 3.41. The molecule has 1 aliphatic heterocycles. The lowest BCUT2D eigenvalue weighted by atomic mass is 10.1. The Balaban J connectivity index is 1.88. The standard InChI is InChI=1S/C20H17BrN2O3/c1-10-6-7-15(14(21)8-10)22-19(25)16-18(24)13-5-3-4-12-9-11(2)23(17(12)13)20(16)26/h3-8,11,24H,9H2,1-2H3,(H,22,25)/t11-/m0/s1. The topological polar surface area (TPSA) is 71.3 Å². The van der Waals surface area contributed by atoms with Crippen molar-refractivity contribution in [1.29, 1.82) is 0 Å². The number of para-hydroxylation sites is 1. The number of rotatable bonds is 2. The molecule has 4 rings (SSSR count). The van der Waals surface area contributed by atoms with Gasteiger partial charge in [0.05, 0.1) is 11.2 Å². The van der Waals surface area contributed by atoms with Crippen LogP contribution in [0.25, 0.3) is 10.9 Å². The zero-order valence-electron chi connectivity index (χ0n) is 14.3. The molecule has 2 heterocycles. The van der Waals surface area contributed by atoms with Crippen molar-refractivity contribution in [3.63, 3.8) is 0 Å². The first kappa shape index (κ1) is 16.8. The van der Waals surface area contributed by atoms with Gasteiger partial charge >= 0.3 is 0 Å². The van der Waals surface area contributed by atoms with Crippen LogP contribution >= 0.6 is 15.9 Å². The summed E-state index contributed by atoms with van der Waals surface area (Å²) in [4.78, 5) is 25.8. The summed E-state index contributed by atoms with van der Waals surface area (Å²) < 4.78 is 2.33. The number of aromatic nitrogens is 1. The number of halogens is 1. The van der Waals surface area contributed by atoms with Gasteiger partial charge in [0.1, 0.15) is 11.3 Å². The Bertz CT molecular complexity index is 1130. The lowest BCUT2D eigenvalue weighted by Crippen LogP contribution is -2.30. The van der Waals surface area contributed by atoms with Gasteiger partial charge in [-0.3, -0.25) is 9.59 Å². The lowest BCUT2D eigenvalue weighted by molar-refractivity contribution is 0.102. The van der Waals surface area contributed by atoms with E-state index in [1.54, 1.807) is 16.7 Å². The second kappa shape index (κ2) is 5.99. The lowest BCUT2D eigenvalue weighted by Gasteiger charge is -2.14. The number of benzene rings is 2. The third-order valence-corrected chi connectivity index (χ3v) is 5.50. The molecule has 26 heavy (non-hydrogen) atoms. The average Bonchev–Trinajstić information content (AvgIpc) is 2.92. The minimum absolute atomic E-state index is 0.0549. The van der Waals surface area contributed by atoms with E-state index in [2.05, 4.69) is 21.2 Å². The Morgan fingerprint density at radius 2 is 2.08 bits per heavy atom. The number of aromatic hydroxyl groups is 1. The van der Waals surface area contributed by atoms with Crippen molar-refractivity contribution < 1.29 is 9.90 Å². The van der Waals surface area contributed by atoms with Gasteiger partial charge in [0, 0.05) is 15.9 Å². The summed E-state index contributed by atoms with van der Waals surface area (Å²) in [6.45, 7) is 3.88. The Hall–Kier alpha value is -2.60. The molecule has 0 aliphatic carbocycles. The van der Waals surface area contributed by atoms with Crippen molar-refractivity contribution in [1.82, 2.24) is 4.57 Å². The summed E-state index contributed by atoms with van der Waals surface area (Å²) in [5, 5.41) is 13.9. The molecule has 0 unspecified atom stereocenters. The number of aryl methyl sites for hydroxylation is 1. The molecular weight excluding hydrogens is 396 g/mol. The van der Waals surface area contributed by atoms with Gasteiger partial charge < -0.3 is 15.0 Å². The minimum atomic E-state index is -0.618. The highest BCUT2D eigenvalue weighted by atomic mass is 79.9. The SMILES string of the molecule is Cc1ccc(NC(=O)c2c(O)c3cccc4c3n(c2=O)[C@@H](C)C4)c(Br)c1. The fourth-order valence-corrected chi connectivity index (χ4v) is 4.22. The number of pyridine rings is 1.